The molecule has 1 aliphatic heterocycles. The van der Waals surface area contributed by atoms with E-state index in [4.69, 9.17) is 16.0 Å². The Bertz CT molecular complexity index is 1350. The van der Waals surface area contributed by atoms with E-state index >= 15 is 0 Å². The van der Waals surface area contributed by atoms with E-state index in [1.165, 1.54) is 28.4 Å². The van der Waals surface area contributed by atoms with Gasteiger partial charge < -0.3 is 9.52 Å². The second-order valence-corrected chi connectivity index (χ2v) is 8.04. The lowest BCUT2D eigenvalue weighted by Gasteiger charge is -2.22. The van der Waals surface area contributed by atoms with Crippen molar-refractivity contribution in [1.29, 1.82) is 0 Å². The number of aromatic nitrogens is 1. The monoisotopic (exact) mass is 424 g/mol. The molecule has 1 aliphatic rings. The lowest BCUT2D eigenvalue weighted by atomic mass is 9.98. The number of thiazole rings is 1. The Labute approximate surface area is 173 Å². The highest BCUT2D eigenvalue weighted by Gasteiger charge is 2.44. The van der Waals surface area contributed by atoms with Gasteiger partial charge in [0.15, 0.2) is 10.6 Å². The standard InChI is InChI=1S/C21H13ClN2O4S/c1-10-7-15-13(9-14(10)22)18(26)16-17(11-3-2-4-12(25)8-11)24(20(27)19(16)28-15)21-23-5-6-29-21/h2-9,17,25H,1H3/t17-/m0/s1. The van der Waals surface area contributed by atoms with Gasteiger partial charge in [-0.3, -0.25) is 14.5 Å². The zero-order valence-electron chi connectivity index (χ0n) is 15.0. The number of phenolic OH excluding ortho intramolecular Hbond substituents is 1. The van der Waals surface area contributed by atoms with E-state index in [9.17, 15) is 14.7 Å². The fourth-order valence-electron chi connectivity index (χ4n) is 3.64. The number of nitrogens with zero attached hydrogens (tertiary/aromatic N) is 2. The number of aryl methyl sites for hydroxylation is 1. The Morgan fingerprint density at radius 1 is 1.24 bits per heavy atom. The van der Waals surface area contributed by atoms with Crippen molar-refractivity contribution in [3.63, 3.8) is 0 Å². The molecule has 1 atom stereocenters. The summed E-state index contributed by atoms with van der Waals surface area (Å²) in [5.74, 6) is -0.436. The largest absolute Gasteiger partial charge is 0.508 e. The minimum atomic E-state index is -0.767. The number of phenols is 1. The fraction of sp³-hybridized carbons (Fsp3) is 0.0952. The number of amides is 1. The van der Waals surface area contributed by atoms with Crippen molar-refractivity contribution in [2.75, 3.05) is 4.90 Å². The fourth-order valence-corrected chi connectivity index (χ4v) is 4.47. The van der Waals surface area contributed by atoms with Gasteiger partial charge in [-0.1, -0.05) is 23.7 Å². The highest BCUT2D eigenvalue weighted by molar-refractivity contribution is 7.13. The number of anilines is 1. The van der Waals surface area contributed by atoms with Crippen LogP contribution in [0.3, 0.4) is 0 Å². The van der Waals surface area contributed by atoms with Crippen LogP contribution in [0.2, 0.25) is 5.02 Å². The first kappa shape index (κ1) is 17.9. The highest BCUT2D eigenvalue weighted by Crippen LogP contribution is 2.42. The maximum atomic E-state index is 13.4. The number of benzene rings is 2. The molecule has 0 saturated carbocycles. The van der Waals surface area contributed by atoms with Gasteiger partial charge in [0.05, 0.1) is 17.0 Å². The summed E-state index contributed by atoms with van der Waals surface area (Å²) in [6.45, 7) is 1.80. The summed E-state index contributed by atoms with van der Waals surface area (Å²) in [6.07, 6.45) is 1.59. The molecule has 6 nitrogen and oxygen atoms in total. The number of carbonyl (C=O) groups excluding carboxylic acids is 1. The zero-order chi connectivity index (χ0) is 20.3. The Morgan fingerprint density at radius 3 is 2.79 bits per heavy atom. The van der Waals surface area contributed by atoms with Gasteiger partial charge in [-0.2, -0.15) is 0 Å². The summed E-state index contributed by atoms with van der Waals surface area (Å²) >= 11 is 7.50. The molecule has 0 saturated heterocycles. The number of hydrogen-bond acceptors (Lipinski definition) is 6. The first-order valence-corrected chi connectivity index (χ1v) is 10.0. The number of fused-ring (bicyclic) bond motifs is 2. The molecule has 144 valence electrons. The third-order valence-electron chi connectivity index (χ3n) is 4.96. The zero-order valence-corrected chi connectivity index (χ0v) is 16.6. The van der Waals surface area contributed by atoms with Crippen LogP contribution in [0.15, 0.2) is 57.2 Å². The first-order valence-electron chi connectivity index (χ1n) is 8.74. The molecule has 4 aromatic rings. The van der Waals surface area contributed by atoms with E-state index in [0.717, 1.165) is 5.56 Å². The molecule has 8 heteroatoms. The molecule has 0 radical (unpaired) electrons. The van der Waals surface area contributed by atoms with E-state index in [2.05, 4.69) is 4.98 Å². The molecule has 0 aliphatic carbocycles. The van der Waals surface area contributed by atoms with Gasteiger partial charge in [-0.05, 0) is 42.3 Å². The lowest BCUT2D eigenvalue weighted by Crippen LogP contribution is -2.29. The topological polar surface area (TPSA) is 83.6 Å². The Kier molecular flexibility index (Phi) is 3.97. The van der Waals surface area contributed by atoms with Gasteiger partial charge in [0, 0.05) is 16.6 Å². The van der Waals surface area contributed by atoms with Crippen molar-refractivity contribution in [2.45, 2.75) is 13.0 Å². The van der Waals surface area contributed by atoms with Gasteiger partial charge in [-0.25, -0.2) is 4.98 Å². The summed E-state index contributed by atoms with van der Waals surface area (Å²) in [5, 5.41) is 12.9. The molecule has 5 rings (SSSR count). The van der Waals surface area contributed by atoms with Gasteiger partial charge in [0.1, 0.15) is 11.3 Å². The number of carbonyl (C=O) groups is 1. The average molecular weight is 425 g/mol. The average Bonchev–Trinajstić information content (AvgIpc) is 3.30. The molecule has 0 unspecified atom stereocenters. The third kappa shape index (κ3) is 2.66. The summed E-state index contributed by atoms with van der Waals surface area (Å²) < 4.78 is 5.91. The minimum absolute atomic E-state index is 0.0206. The van der Waals surface area contributed by atoms with Crippen molar-refractivity contribution in [2.24, 2.45) is 0 Å². The first-order chi connectivity index (χ1) is 14.0. The van der Waals surface area contributed by atoms with Gasteiger partial charge in [0.2, 0.25) is 5.76 Å². The van der Waals surface area contributed by atoms with Crippen LogP contribution in [-0.2, 0) is 0 Å². The SMILES string of the molecule is Cc1cc2oc3c(c(=O)c2cc1Cl)[C@H](c1cccc(O)c1)N(c1nccs1)C3=O. The second kappa shape index (κ2) is 6.43. The minimum Gasteiger partial charge on any atom is -0.508 e. The molecule has 3 heterocycles. The van der Waals surface area contributed by atoms with Gasteiger partial charge >= 0.3 is 0 Å². The predicted molar refractivity (Wildman–Crippen MR) is 111 cm³/mol. The van der Waals surface area contributed by atoms with Crippen molar-refractivity contribution in [3.05, 3.63) is 85.7 Å². The van der Waals surface area contributed by atoms with Crippen LogP contribution in [0.5, 0.6) is 5.75 Å². The maximum absolute atomic E-state index is 13.4. The summed E-state index contributed by atoms with van der Waals surface area (Å²) in [4.78, 5) is 32.4. The van der Waals surface area contributed by atoms with E-state index in [0.29, 0.717) is 26.7 Å². The molecular formula is C21H13ClN2O4S. The number of hydrogen-bond donors (Lipinski definition) is 1. The molecule has 0 bridgehead atoms. The molecule has 1 amide bonds. The quantitative estimate of drug-likeness (QED) is 0.505. The molecule has 1 N–H and O–H groups in total. The molecular weight excluding hydrogens is 412 g/mol. The lowest BCUT2D eigenvalue weighted by molar-refractivity contribution is 0.0971. The van der Waals surface area contributed by atoms with Crippen molar-refractivity contribution in [1.82, 2.24) is 4.98 Å². The van der Waals surface area contributed by atoms with Crippen LogP contribution < -0.4 is 10.3 Å². The summed E-state index contributed by atoms with van der Waals surface area (Å²) in [5.41, 5.74) is 1.51. The van der Waals surface area contributed by atoms with Crippen LogP contribution >= 0.6 is 22.9 Å². The molecule has 0 spiro atoms. The number of rotatable bonds is 2. The Hall–Kier alpha value is -3.16. The highest BCUT2D eigenvalue weighted by atomic mass is 35.5. The number of aromatic hydroxyl groups is 1. The Morgan fingerprint density at radius 2 is 2.07 bits per heavy atom. The number of halogens is 1. The van der Waals surface area contributed by atoms with Gasteiger partial charge in [-0.15, -0.1) is 11.3 Å². The third-order valence-corrected chi connectivity index (χ3v) is 6.14. The van der Waals surface area contributed by atoms with Crippen molar-refractivity contribution >= 4 is 44.9 Å². The van der Waals surface area contributed by atoms with E-state index in [1.54, 1.807) is 42.8 Å². The Balaban J connectivity index is 1.85. The van der Waals surface area contributed by atoms with Crippen LogP contribution in [0.1, 0.15) is 33.3 Å². The summed E-state index contributed by atoms with van der Waals surface area (Å²) in [7, 11) is 0. The normalized spacial score (nSPS) is 15.9. The molecule has 2 aromatic carbocycles. The predicted octanol–water partition coefficient (Wildman–Crippen LogP) is 4.67. The van der Waals surface area contributed by atoms with Crippen LogP contribution in [-0.4, -0.2) is 16.0 Å². The maximum Gasteiger partial charge on any atom is 0.297 e. The molecule has 29 heavy (non-hydrogen) atoms. The van der Waals surface area contributed by atoms with E-state index in [1.807, 2.05) is 0 Å². The smallest absolute Gasteiger partial charge is 0.297 e. The van der Waals surface area contributed by atoms with E-state index in [-0.39, 0.29) is 22.5 Å². The van der Waals surface area contributed by atoms with Crippen LogP contribution in [0, 0.1) is 6.92 Å². The van der Waals surface area contributed by atoms with Gasteiger partial charge in [0.25, 0.3) is 5.91 Å². The van der Waals surface area contributed by atoms with E-state index < -0.39 is 11.9 Å². The van der Waals surface area contributed by atoms with Crippen LogP contribution in [0.25, 0.3) is 11.0 Å². The second-order valence-electron chi connectivity index (χ2n) is 6.76. The van der Waals surface area contributed by atoms with Crippen molar-refractivity contribution < 1.29 is 14.3 Å². The summed E-state index contributed by atoms with van der Waals surface area (Å²) in [6, 6.07) is 8.92. The molecule has 2 aromatic heterocycles. The molecule has 0 fully saturated rings. The van der Waals surface area contributed by atoms with Crippen LogP contribution in [0.4, 0.5) is 5.13 Å². The van der Waals surface area contributed by atoms with Crippen molar-refractivity contribution in [3.8, 4) is 5.75 Å².